The van der Waals surface area contributed by atoms with Crippen LogP contribution in [0.2, 0.25) is 0 Å². The molecule has 1 aliphatic heterocycles. The molecule has 0 aromatic rings. The van der Waals surface area contributed by atoms with Crippen LogP contribution in [-0.4, -0.2) is 31.0 Å². The molecule has 1 saturated heterocycles. The van der Waals surface area contributed by atoms with Gasteiger partial charge in [-0.05, 0) is 0 Å². The number of halogens is 3. The predicted molar refractivity (Wildman–Crippen MR) is 40.5 cm³/mol. The molecule has 80 valence electrons. The first kappa shape index (κ1) is 11.0. The summed E-state index contributed by atoms with van der Waals surface area (Å²) in [6.07, 6.45) is -5.90. The number of carbonyl (C=O) groups is 1. The van der Waals surface area contributed by atoms with Crippen molar-refractivity contribution in [1.82, 2.24) is 0 Å². The van der Waals surface area contributed by atoms with Crippen LogP contribution in [0.15, 0.2) is 12.7 Å². The average Bonchev–Trinajstić information content (AvgIpc) is 1.98. The molecule has 0 aromatic heterocycles. The maximum Gasteiger partial charge on any atom is 0.414 e. The second kappa shape index (κ2) is 4.00. The SMILES string of the molecule is C=CC(=O)OCC1CC(C(F)(F)F)O1. The highest BCUT2D eigenvalue weighted by Crippen LogP contribution is 2.34. The summed E-state index contributed by atoms with van der Waals surface area (Å²) in [4.78, 5) is 10.5. The minimum absolute atomic E-state index is 0.155. The molecule has 0 amide bonds. The Morgan fingerprint density at radius 2 is 2.21 bits per heavy atom. The summed E-state index contributed by atoms with van der Waals surface area (Å²) in [5.74, 6) is -0.663. The van der Waals surface area contributed by atoms with Crippen LogP contribution in [-0.2, 0) is 14.3 Å². The van der Waals surface area contributed by atoms with Gasteiger partial charge in [0.2, 0.25) is 0 Å². The summed E-state index contributed by atoms with van der Waals surface area (Å²) in [6, 6.07) is 0. The Bertz CT molecular complexity index is 230. The van der Waals surface area contributed by atoms with E-state index < -0.39 is 24.4 Å². The number of esters is 1. The molecule has 0 bridgehead atoms. The zero-order valence-electron chi connectivity index (χ0n) is 7.21. The predicted octanol–water partition coefficient (Wildman–Crippen LogP) is 1.44. The molecule has 0 spiro atoms. The van der Waals surface area contributed by atoms with Crippen LogP contribution >= 0.6 is 0 Å². The standard InChI is InChI=1S/C8H9F3O3/c1-2-7(12)13-4-5-3-6(14-5)8(9,10)11/h2,5-6H,1,3-4H2. The molecule has 6 heteroatoms. The van der Waals surface area contributed by atoms with Crippen molar-refractivity contribution in [2.24, 2.45) is 0 Å². The first-order valence-corrected chi connectivity index (χ1v) is 3.95. The van der Waals surface area contributed by atoms with Gasteiger partial charge in [-0.3, -0.25) is 0 Å². The van der Waals surface area contributed by atoms with Crippen molar-refractivity contribution >= 4 is 5.97 Å². The monoisotopic (exact) mass is 210 g/mol. The highest BCUT2D eigenvalue weighted by Gasteiger charge is 2.49. The average molecular weight is 210 g/mol. The Morgan fingerprint density at radius 1 is 1.64 bits per heavy atom. The van der Waals surface area contributed by atoms with Gasteiger partial charge in [-0.1, -0.05) is 6.58 Å². The van der Waals surface area contributed by atoms with Crippen LogP contribution in [0.1, 0.15) is 6.42 Å². The van der Waals surface area contributed by atoms with Gasteiger partial charge < -0.3 is 9.47 Å². The fourth-order valence-corrected chi connectivity index (χ4v) is 1.01. The van der Waals surface area contributed by atoms with Crippen molar-refractivity contribution in [2.75, 3.05) is 6.61 Å². The third kappa shape index (κ3) is 2.73. The first-order valence-electron chi connectivity index (χ1n) is 3.95. The first-order chi connectivity index (χ1) is 6.43. The van der Waals surface area contributed by atoms with Crippen LogP contribution in [0, 0.1) is 0 Å². The molecular weight excluding hydrogens is 201 g/mol. The molecule has 1 aliphatic rings. The molecular formula is C8H9F3O3. The van der Waals surface area contributed by atoms with Crippen LogP contribution in [0.4, 0.5) is 13.2 Å². The van der Waals surface area contributed by atoms with Crippen LogP contribution in [0.3, 0.4) is 0 Å². The Hall–Kier alpha value is -1.04. The van der Waals surface area contributed by atoms with Gasteiger partial charge in [-0.2, -0.15) is 13.2 Å². The molecule has 0 radical (unpaired) electrons. The zero-order valence-corrected chi connectivity index (χ0v) is 7.21. The van der Waals surface area contributed by atoms with Gasteiger partial charge in [-0.25, -0.2) is 4.79 Å². The number of hydrogen-bond acceptors (Lipinski definition) is 3. The van der Waals surface area contributed by atoms with E-state index in [4.69, 9.17) is 0 Å². The summed E-state index contributed by atoms with van der Waals surface area (Å²) in [6.45, 7) is 2.99. The van der Waals surface area contributed by atoms with E-state index in [0.717, 1.165) is 6.08 Å². The quantitative estimate of drug-likeness (QED) is 0.522. The molecule has 2 unspecified atom stereocenters. The second-order valence-electron chi connectivity index (χ2n) is 2.86. The molecule has 14 heavy (non-hydrogen) atoms. The Kier molecular flexibility index (Phi) is 3.15. The van der Waals surface area contributed by atoms with Gasteiger partial charge in [0.15, 0.2) is 6.10 Å². The number of hydrogen-bond donors (Lipinski definition) is 0. The summed E-state index contributed by atoms with van der Waals surface area (Å²) in [7, 11) is 0. The van der Waals surface area contributed by atoms with Crippen molar-refractivity contribution in [2.45, 2.75) is 24.8 Å². The molecule has 1 heterocycles. The van der Waals surface area contributed by atoms with Crippen molar-refractivity contribution in [3.05, 3.63) is 12.7 Å². The van der Waals surface area contributed by atoms with Crippen molar-refractivity contribution in [3.8, 4) is 0 Å². The highest BCUT2D eigenvalue weighted by molar-refractivity contribution is 5.81. The number of carbonyl (C=O) groups excluding carboxylic acids is 1. The summed E-state index contributed by atoms with van der Waals surface area (Å²) in [5, 5.41) is 0. The minimum atomic E-state index is -4.32. The Labute approximate surface area is 78.5 Å². The van der Waals surface area contributed by atoms with Crippen molar-refractivity contribution in [1.29, 1.82) is 0 Å². The summed E-state index contributed by atoms with van der Waals surface area (Å²) in [5.41, 5.74) is 0. The van der Waals surface area contributed by atoms with Crippen LogP contribution < -0.4 is 0 Å². The van der Waals surface area contributed by atoms with E-state index in [1.54, 1.807) is 0 Å². The van der Waals surface area contributed by atoms with Gasteiger partial charge in [0, 0.05) is 12.5 Å². The normalized spacial score (nSPS) is 26.5. The topological polar surface area (TPSA) is 35.5 Å². The molecule has 0 aromatic carbocycles. The fourth-order valence-electron chi connectivity index (χ4n) is 1.01. The van der Waals surface area contributed by atoms with E-state index in [2.05, 4.69) is 16.1 Å². The number of rotatable bonds is 3. The second-order valence-corrected chi connectivity index (χ2v) is 2.86. The smallest absolute Gasteiger partial charge is 0.414 e. The fraction of sp³-hybridized carbons (Fsp3) is 0.625. The van der Waals surface area contributed by atoms with Gasteiger partial charge in [0.25, 0.3) is 0 Å². The third-order valence-electron chi connectivity index (χ3n) is 1.78. The largest absolute Gasteiger partial charge is 0.460 e. The molecule has 0 aliphatic carbocycles. The van der Waals surface area contributed by atoms with E-state index in [9.17, 15) is 18.0 Å². The van der Waals surface area contributed by atoms with E-state index in [1.165, 1.54) is 0 Å². The summed E-state index contributed by atoms with van der Waals surface area (Å²) < 4.78 is 44.6. The van der Waals surface area contributed by atoms with Crippen LogP contribution in [0.25, 0.3) is 0 Å². The molecule has 2 atom stereocenters. The van der Waals surface area contributed by atoms with Gasteiger partial charge in [-0.15, -0.1) is 0 Å². The van der Waals surface area contributed by atoms with Crippen molar-refractivity contribution < 1.29 is 27.4 Å². The zero-order chi connectivity index (χ0) is 10.8. The number of alkyl halides is 3. The Balaban J connectivity index is 2.16. The molecule has 1 fully saturated rings. The lowest BCUT2D eigenvalue weighted by Crippen LogP contribution is -2.49. The minimum Gasteiger partial charge on any atom is -0.460 e. The van der Waals surface area contributed by atoms with Gasteiger partial charge in [0.1, 0.15) is 6.61 Å². The third-order valence-corrected chi connectivity index (χ3v) is 1.78. The Morgan fingerprint density at radius 3 is 2.64 bits per heavy atom. The van der Waals surface area contributed by atoms with E-state index in [1.807, 2.05) is 0 Å². The molecule has 3 nitrogen and oxygen atoms in total. The lowest BCUT2D eigenvalue weighted by molar-refractivity contribution is -0.290. The summed E-state index contributed by atoms with van der Waals surface area (Å²) >= 11 is 0. The van der Waals surface area contributed by atoms with Gasteiger partial charge >= 0.3 is 12.1 Å². The molecule has 0 saturated carbocycles. The highest BCUT2D eigenvalue weighted by atomic mass is 19.4. The van der Waals surface area contributed by atoms with E-state index >= 15 is 0 Å². The lowest BCUT2D eigenvalue weighted by atomic mass is 10.1. The number of ether oxygens (including phenoxy) is 2. The van der Waals surface area contributed by atoms with Crippen LogP contribution in [0.5, 0.6) is 0 Å². The maximum atomic E-state index is 11.9. The molecule has 1 rings (SSSR count). The lowest BCUT2D eigenvalue weighted by Gasteiger charge is -2.36. The maximum absolute atomic E-state index is 11.9. The molecule has 0 N–H and O–H groups in total. The van der Waals surface area contributed by atoms with Gasteiger partial charge in [0.05, 0.1) is 6.10 Å². The van der Waals surface area contributed by atoms with E-state index in [0.29, 0.717) is 0 Å². The van der Waals surface area contributed by atoms with Crippen molar-refractivity contribution in [3.63, 3.8) is 0 Å². The van der Waals surface area contributed by atoms with E-state index in [-0.39, 0.29) is 13.0 Å².